The smallest absolute Gasteiger partial charge is 0.270 e. The third-order valence-electron chi connectivity index (χ3n) is 2.28. The number of rotatable bonds is 4. The predicted octanol–water partition coefficient (Wildman–Crippen LogP) is 1.82. The molecule has 17 heavy (non-hydrogen) atoms. The third-order valence-corrected chi connectivity index (χ3v) is 2.28. The molecule has 1 aromatic carbocycles. The van der Waals surface area contributed by atoms with Crippen LogP contribution in [0.25, 0.3) is 0 Å². The maximum Gasteiger partial charge on any atom is 0.270 e. The molecule has 0 atom stereocenters. The van der Waals surface area contributed by atoms with Crippen LogP contribution < -0.4 is 4.90 Å². The van der Waals surface area contributed by atoms with E-state index in [-0.39, 0.29) is 11.3 Å². The molecule has 0 amide bonds. The number of benzene rings is 1. The molecule has 6 heteroatoms. The number of hydrogen-bond acceptors (Lipinski definition) is 5. The fourth-order valence-corrected chi connectivity index (χ4v) is 1.40. The SMILES string of the molecule is CN(CCC#N)c1ccc([N+](=O)[O-])cc1C#N. The van der Waals surface area contributed by atoms with E-state index in [4.69, 9.17) is 10.5 Å². The first-order valence-electron chi connectivity index (χ1n) is 4.86. The number of non-ortho nitro benzene ring substituents is 1. The highest BCUT2D eigenvalue weighted by molar-refractivity contribution is 5.62. The van der Waals surface area contributed by atoms with Gasteiger partial charge in [0.05, 0.1) is 28.7 Å². The van der Waals surface area contributed by atoms with Crippen LogP contribution in [0.4, 0.5) is 11.4 Å². The van der Waals surface area contributed by atoms with E-state index in [1.165, 1.54) is 18.2 Å². The Kier molecular flexibility index (Phi) is 4.02. The number of nitro groups is 1. The van der Waals surface area contributed by atoms with E-state index in [0.717, 1.165) is 0 Å². The van der Waals surface area contributed by atoms with Crippen LogP contribution in [0.5, 0.6) is 0 Å². The van der Waals surface area contributed by atoms with E-state index in [9.17, 15) is 10.1 Å². The first kappa shape index (κ1) is 12.5. The molecule has 1 aromatic rings. The van der Waals surface area contributed by atoms with Crippen molar-refractivity contribution < 1.29 is 4.92 Å². The van der Waals surface area contributed by atoms with Gasteiger partial charge in [0.25, 0.3) is 5.69 Å². The second-order valence-electron chi connectivity index (χ2n) is 3.40. The Bertz CT molecular complexity index is 513. The molecule has 0 aromatic heterocycles. The summed E-state index contributed by atoms with van der Waals surface area (Å²) in [6, 6.07) is 8.02. The fourth-order valence-electron chi connectivity index (χ4n) is 1.40. The van der Waals surface area contributed by atoms with Crippen LogP contribution in [0.15, 0.2) is 18.2 Å². The molecule has 0 aliphatic carbocycles. The lowest BCUT2D eigenvalue weighted by molar-refractivity contribution is -0.384. The van der Waals surface area contributed by atoms with E-state index < -0.39 is 4.92 Å². The molecule has 0 unspecified atom stereocenters. The summed E-state index contributed by atoms with van der Waals surface area (Å²) < 4.78 is 0. The lowest BCUT2D eigenvalue weighted by atomic mass is 10.1. The summed E-state index contributed by atoms with van der Waals surface area (Å²) in [5.41, 5.74) is 0.715. The first-order chi connectivity index (χ1) is 8.10. The Balaban J connectivity index is 3.06. The van der Waals surface area contributed by atoms with Crippen LogP contribution in [0, 0.1) is 32.8 Å². The van der Waals surface area contributed by atoms with Gasteiger partial charge in [0, 0.05) is 25.7 Å². The van der Waals surface area contributed by atoms with Crippen LogP contribution in [0.1, 0.15) is 12.0 Å². The summed E-state index contributed by atoms with van der Waals surface area (Å²) in [4.78, 5) is 11.7. The average molecular weight is 230 g/mol. The van der Waals surface area contributed by atoms with Crippen molar-refractivity contribution in [1.29, 1.82) is 10.5 Å². The highest BCUT2D eigenvalue weighted by Crippen LogP contribution is 2.24. The summed E-state index contributed by atoms with van der Waals surface area (Å²) in [5, 5.41) is 28.0. The van der Waals surface area contributed by atoms with Gasteiger partial charge in [0.2, 0.25) is 0 Å². The molecular formula is C11H10N4O2. The summed E-state index contributed by atoms with van der Waals surface area (Å²) in [7, 11) is 1.74. The van der Waals surface area contributed by atoms with Crippen molar-refractivity contribution in [2.75, 3.05) is 18.5 Å². The topological polar surface area (TPSA) is 94.0 Å². The Morgan fingerprint density at radius 3 is 2.71 bits per heavy atom. The van der Waals surface area contributed by atoms with Crippen molar-refractivity contribution >= 4 is 11.4 Å². The molecule has 6 nitrogen and oxygen atoms in total. The maximum atomic E-state index is 10.6. The zero-order chi connectivity index (χ0) is 12.8. The monoisotopic (exact) mass is 230 g/mol. The van der Waals surface area contributed by atoms with Crippen molar-refractivity contribution in [3.8, 4) is 12.1 Å². The van der Waals surface area contributed by atoms with Gasteiger partial charge < -0.3 is 4.90 Å². The molecule has 86 valence electrons. The normalized spacial score (nSPS) is 9.12. The van der Waals surface area contributed by atoms with Crippen LogP contribution >= 0.6 is 0 Å². The van der Waals surface area contributed by atoms with E-state index in [1.54, 1.807) is 11.9 Å². The van der Waals surface area contributed by atoms with Gasteiger partial charge in [-0.2, -0.15) is 10.5 Å². The number of hydrogen-bond donors (Lipinski definition) is 0. The van der Waals surface area contributed by atoms with Crippen LogP contribution in [0.3, 0.4) is 0 Å². The second kappa shape index (κ2) is 5.47. The van der Waals surface area contributed by atoms with Crippen molar-refractivity contribution in [1.82, 2.24) is 0 Å². The van der Waals surface area contributed by atoms with E-state index in [0.29, 0.717) is 18.7 Å². The van der Waals surface area contributed by atoms with Crippen molar-refractivity contribution in [3.05, 3.63) is 33.9 Å². The van der Waals surface area contributed by atoms with Gasteiger partial charge in [0.1, 0.15) is 6.07 Å². The van der Waals surface area contributed by atoms with Gasteiger partial charge in [0.15, 0.2) is 0 Å². The minimum absolute atomic E-state index is 0.112. The molecule has 0 spiro atoms. The van der Waals surface area contributed by atoms with Crippen LogP contribution in [0.2, 0.25) is 0 Å². The van der Waals surface area contributed by atoms with Crippen LogP contribution in [-0.2, 0) is 0 Å². The number of nitriles is 2. The highest BCUT2D eigenvalue weighted by atomic mass is 16.6. The minimum atomic E-state index is -0.542. The summed E-state index contributed by atoms with van der Waals surface area (Å²) in [5.74, 6) is 0. The molecule has 0 saturated carbocycles. The van der Waals surface area contributed by atoms with Gasteiger partial charge in [-0.15, -0.1) is 0 Å². The average Bonchev–Trinajstić information content (AvgIpc) is 2.34. The third kappa shape index (κ3) is 2.93. The molecule has 0 fully saturated rings. The summed E-state index contributed by atoms with van der Waals surface area (Å²) in [6.07, 6.45) is 0.332. The molecular weight excluding hydrogens is 220 g/mol. The Morgan fingerprint density at radius 1 is 1.47 bits per heavy atom. The lowest BCUT2D eigenvalue weighted by Gasteiger charge is -2.18. The quantitative estimate of drug-likeness (QED) is 0.580. The van der Waals surface area contributed by atoms with Gasteiger partial charge >= 0.3 is 0 Å². The lowest BCUT2D eigenvalue weighted by Crippen LogP contribution is -2.19. The fraction of sp³-hybridized carbons (Fsp3) is 0.273. The van der Waals surface area contributed by atoms with Crippen LogP contribution in [-0.4, -0.2) is 18.5 Å². The molecule has 0 N–H and O–H groups in total. The zero-order valence-corrected chi connectivity index (χ0v) is 9.25. The van der Waals surface area contributed by atoms with Crippen molar-refractivity contribution in [3.63, 3.8) is 0 Å². The van der Waals surface area contributed by atoms with Gasteiger partial charge in [-0.3, -0.25) is 10.1 Å². The molecule has 0 aliphatic heterocycles. The number of nitrogens with zero attached hydrogens (tertiary/aromatic N) is 4. The summed E-state index contributed by atoms with van der Waals surface area (Å²) in [6.45, 7) is 0.475. The molecule has 0 radical (unpaired) electrons. The largest absolute Gasteiger partial charge is 0.372 e. The second-order valence-corrected chi connectivity index (χ2v) is 3.40. The van der Waals surface area contributed by atoms with E-state index >= 15 is 0 Å². The predicted molar refractivity (Wildman–Crippen MR) is 61.3 cm³/mol. The highest BCUT2D eigenvalue weighted by Gasteiger charge is 2.12. The first-order valence-corrected chi connectivity index (χ1v) is 4.86. The van der Waals surface area contributed by atoms with E-state index in [2.05, 4.69) is 0 Å². The molecule has 1 rings (SSSR count). The van der Waals surface area contributed by atoms with Gasteiger partial charge in [-0.05, 0) is 6.07 Å². The van der Waals surface area contributed by atoms with Gasteiger partial charge in [-0.1, -0.05) is 0 Å². The van der Waals surface area contributed by atoms with Gasteiger partial charge in [-0.25, -0.2) is 0 Å². The number of anilines is 1. The molecule has 0 bridgehead atoms. The Labute approximate surface area is 98.5 Å². The summed E-state index contributed by atoms with van der Waals surface area (Å²) >= 11 is 0. The zero-order valence-electron chi connectivity index (χ0n) is 9.25. The molecule has 0 saturated heterocycles. The molecule has 0 aliphatic rings. The van der Waals surface area contributed by atoms with Crippen molar-refractivity contribution in [2.24, 2.45) is 0 Å². The Hall–Kier alpha value is -2.60. The molecule has 0 heterocycles. The minimum Gasteiger partial charge on any atom is -0.372 e. The van der Waals surface area contributed by atoms with E-state index in [1.807, 2.05) is 12.1 Å². The standard InChI is InChI=1S/C11H10N4O2/c1-14(6-2-5-12)11-4-3-10(15(16)17)7-9(11)8-13/h3-4,7H,2,6H2,1H3. The Morgan fingerprint density at radius 2 is 2.18 bits per heavy atom. The van der Waals surface area contributed by atoms with Crippen molar-refractivity contribution in [2.45, 2.75) is 6.42 Å². The number of nitro benzene ring substituents is 1. The maximum absolute atomic E-state index is 10.6.